The SMILES string of the molecule is CC(C)[C@H](NC(=O)[C@@H](NC(=O)[C@H]1O[C@H]2OC(C)(C)O[C@@H]2[C@H]2OC(C)(C)O[C@@H]21)C(C)C)C(=O)O. The molecular weight excluding hydrogens is 436 g/mol. The zero-order valence-corrected chi connectivity index (χ0v) is 20.4. The fourth-order valence-electron chi connectivity index (χ4n) is 4.35. The van der Waals surface area contributed by atoms with Crippen LogP contribution in [0.4, 0.5) is 0 Å². The fraction of sp³-hybridized carbons (Fsp3) is 0.864. The highest BCUT2D eigenvalue weighted by Gasteiger charge is 2.62. The van der Waals surface area contributed by atoms with E-state index in [0.29, 0.717) is 0 Å². The third-order valence-electron chi connectivity index (χ3n) is 5.89. The second-order valence-electron chi connectivity index (χ2n) is 10.4. The van der Waals surface area contributed by atoms with Gasteiger partial charge in [-0.3, -0.25) is 9.59 Å². The molecule has 3 aliphatic heterocycles. The lowest BCUT2D eigenvalue weighted by atomic mass is 9.96. The first-order chi connectivity index (χ1) is 15.1. The molecular formula is C22H36N2O9. The van der Waals surface area contributed by atoms with Gasteiger partial charge < -0.3 is 39.4 Å². The Hall–Kier alpha value is -1.79. The fourth-order valence-corrected chi connectivity index (χ4v) is 4.35. The van der Waals surface area contributed by atoms with Crippen LogP contribution in [-0.2, 0) is 38.1 Å². The quantitative estimate of drug-likeness (QED) is 0.489. The van der Waals surface area contributed by atoms with E-state index in [2.05, 4.69) is 10.6 Å². The van der Waals surface area contributed by atoms with Crippen LogP contribution >= 0.6 is 0 Å². The van der Waals surface area contributed by atoms with Gasteiger partial charge in [-0.15, -0.1) is 0 Å². The number of aliphatic carboxylic acids is 1. The van der Waals surface area contributed by atoms with Gasteiger partial charge in [-0.25, -0.2) is 4.79 Å². The van der Waals surface area contributed by atoms with Gasteiger partial charge in [0.2, 0.25) is 5.91 Å². The lowest BCUT2D eigenvalue weighted by Gasteiger charge is -2.37. The summed E-state index contributed by atoms with van der Waals surface area (Å²) >= 11 is 0. The maximum absolute atomic E-state index is 13.3. The van der Waals surface area contributed by atoms with Gasteiger partial charge in [-0.1, -0.05) is 27.7 Å². The Labute approximate surface area is 193 Å². The van der Waals surface area contributed by atoms with E-state index in [1.165, 1.54) is 0 Å². The molecule has 0 aromatic heterocycles. The van der Waals surface area contributed by atoms with Gasteiger partial charge in [0.1, 0.15) is 30.4 Å². The summed E-state index contributed by atoms with van der Waals surface area (Å²) in [5.74, 6) is -4.85. The van der Waals surface area contributed by atoms with E-state index in [1.807, 2.05) is 0 Å². The molecule has 3 fully saturated rings. The number of carbonyl (C=O) groups is 3. The molecule has 33 heavy (non-hydrogen) atoms. The summed E-state index contributed by atoms with van der Waals surface area (Å²) in [6.45, 7) is 13.9. The first-order valence-electron chi connectivity index (χ1n) is 11.3. The number of hydrogen-bond donors (Lipinski definition) is 3. The molecule has 0 aromatic rings. The van der Waals surface area contributed by atoms with Crippen molar-refractivity contribution in [2.24, 2.45) is 11.8 Å². The van der Waals surface area contributed by atoms with E-state index in [-0.39, 0.29) is 11.8 Å². The average molecular weight is 473 g/mol. The largest absolute Gasteiger partial charge is 0.480 e. The minimum Gasteiger partial charge on any atom is -0.480 e. The number of amides is 2. The maximum Gasteiger partial charge on any atom is 0.326 e. The van der Waals surface area contributed by atoms with Gasteiger partial charge in [0.25, 0.3) is 5.91 Å². The molecule has 11 nitrogen and oxygen atoms in total. The molecule has 7 atom stereocenters. The van der Waals surface area contributed by atoms with Gasteiger partial charge in [0, 0.05) is 0 Å². The summed E-state index contributed by atoms with van der Waals surface area (Å²) in [5.41, 5.74) is 0. The normalized spacial score (nSPS) is 33.8. The second-order valence-corrected chi connectivity index (χ2v) is 10.4. The van der Waals surface area contributed by atoms with Crippen molar-refractivity contribution in [2.75, 3.05) is 0 Å². The topological polar surface area (TPSA) is 142 Å². The number of ether oxygens (including phenoxy) is 5. The molecule has 0 aromatic carbocycles. The summed E-state index contributed by atoms with van der Waals surface area (Å²) < 4.78 is 29.7. The zero-order valence-electron chi connectivity index (χ0n) is 20.4. The number of nitrogens with one attached hydrogen (secondary N) is 2. The van der Waals surface area contributed by atoms with Crippen LogP contribution in [0, 0.1) is 11.8 Å². The predicted octanol–water partition coefficient (Wildman–Crippen LogP) is 0.749. The molecule has 0 spiro atoms. The molecule has 3 rings (SSSR count). The molecule has 3 heterocycles. The van der Waals surface area contributed by atoms with Crippen LogP contribution in [0.5, 0.6) is 0 Å². The minimum atomic E-state index is -1.14. The molecule has 3 aliphatic rings. The van der Waals surface area contributed by atoms with Crippen LogP contribution < -0.4 is 10.6 Å². The number of fused-ring (bicyclic) bond motifs is 3. The van der Waals surface area contributed by atoms with Gasteiger partial charge in [-0.2, -0.15) is 0 Å². The molecule has 0 aliphatic carbocycles. The highest BCUT2D eigenvalue weighted by atomic mass is 16.9. The van der Waals surface area contributed by atoms with Crippen molar-refractivity contribution in [2.45, 2.75) is 110 Å². The number of rotatable bonds is 7. The maximum atomic E-state index is 13.3. The van der Waals surface area contributed by atoms with E-state index >= 15 is 0 Å². The van der Waals surface area contributed by atoms with Crippen molar-refractivity contribution in [1.29, 1.82) is 0 Å². The van der Waals surface area contributed by atoms with E-state index in [9.17, 15) is 19.5 Å². The van der Waals surface area contributed by atoms with Crippen LogP contribution in [0.25, 0.3) is 0 Å². The highest BCUT2D eigenvalue weighted by molar-refractivity contribution is 5.92. The van der Waals surface area contributed by atoms with Gasteiger partial charge in [-0.05, 0) is 39.5 Å². The summed E-state index contributed by atoms with van der Waals surface area (Å²) in [6, 6.07) is -2.06. The first kappa shape index (κ1) is 25.8. The van der Waals surface area contributed by atoms with E-state index in [1.54, 1.807) is 55.4 Å². The van der Waals surface area contributed by atoms with Gasteiger partial charge >= 0.3 is 5.97 Å². The van der Waals surface area contributed by atoms with E-state index in [4.69, 9.17) is 23.7 Å². The molecule has 0 unspecified atom stereocenters. The summed E-state index contributed by atoms with van der Waals surface area (Å²) in [7, 11) is 0. The third-order valence-corrected chi connectivity index (χ3v) is 5.89. The Morgan fingerprint density at radius 3 is 1.82 bits per heavy atom. The molecule has 2 amide bonds. The van der Waals surface area contributed by atoms with Crippen LogP contribution in [0.2, 0.25) is 0 Å². The Kier molecular flexibility index (Phi) is 7.12. The monoisotopic (exact) mass is 472 g/mol. The van der Waals surface area contributed by atoms with Crippen molar-refractivity contribution in [1.82, 2.24) is 10.6 Å². The predicted molar refractivity (Wildman–Crippen MR) is 114 cm³/mol. The zero-order chi connectivity index (χ0) is 24.9. The second kappa shape index (κ2) is 9.10. The lowest BCUT2D eigenvalue weighted by Crippen LogP contribution is -2.62. The summed E-state index contributed by atoms with van der Waals surface area (Å²) in [5, 5.41) is 14.6. The standard InChI is InChI=1S/C22H36N2O9/c1-9(2)11(17(25)24-12(10(3)4)19(27)28)23-18(26)15-13-14(31-21(5,6)30-13)16-20(29-15)33-22(7,8)32-16/h9-16,20H,1-8H3,(H,23,26)(H,24,25)(H,27,28)/t11-,12-,13-,14-,15-,16+,20-/m0/s1. The van der Waals surface area contributed by atoms with Crippen LogP contribution in [0.15, 0.2) is 0 Å². The van der Waals surface area contributed by atoms with Crippen molar-refractivity contribution in [3.05, 3.63) is 0 Å². The van der Waals surface area contributed by atoms with Crippen molar-refractivity contribution in [3.63, 3.8) is 0 Å². The average Bonchev–Trinajstić information content (AvgIpc) is 3.15. The number of carboxylic acids is 1. The molecule has 11 heteroatoms. The van der Waals surface area contributed by atoms with Gasteiger partial charge in [0.05, 0.1) is 0 Å². The van der Waals surface area contributed by atoms with Crippen LogP contribution in [0.1, 0.15) is 55.4 Å². The lowest BCUT2D eigenvalue weighted by molar-refractivity contribution is -0.231. The molecule has 0 radical (unpaired) electrons. The van der Waals surface area contributed by atoms with Gasteiger partial charge in [0.15, 0.2) is 24.0 Å². The van der Waals surface area contributed by atoms with Crippen LogP contribution in [0.3, 0.4) is 0 Å². The van der Waals surface area contributed by atoms with E-state index in [0.717, 1.165) is 0 Å². The van der Waals surface area contributed by atoms with E-state index < -0.39 is 72.1 Å². The third kappa shape index (κ3) is 5.48. The molecule has 0 bridgehead atoms. The number of hydrogen-bond acceptors (Lipinski definition) is 8. The first-order valence-corrected chi connectivity index (χ1v) is 11.3. The molecule has 3 saturated heterocycles. The Morgan fingerprint density at radius 1 is 0.758 bits per heavy atom. The summed E-state index contributed by atoms with van der Waals surface area (Å²) in [6.07, 6.45) is -3.94. The molecule has 188 valence electrons. The van der Waals surface area contributed by atoms with Crippen molar-refractivity contribution in [3.8, 4) is 0 Å². The number of carbonyl (C=O) groups excluding carboxylic acids is 2. The Balaban J connectivity index is 1.78. The smallest absolute Gasteiger partial charge is 0.326 e. The number of carboxylic acid groups (broad SMARTS) is 1. The van der Waals surface area contributed by atoms with Crippen molar-refractivity contribution >= 4 is 17.8 Å². The Bertz CT molecular complexity index is 782. The Morgan fingerprint density at radius 2 is 1.27 bits per heavy atom. The van der Waals surface area contributed by atoms with Crippen molar-refractivity contribution < 1.29 is 43.2 Å². The van der Waals surface area contributed by atoms with Crippen LogP contribution in [-0.4, -0.2) is 77.3 Å². The molecule has 3 N–H and O–H groups in total. The molecule has 0 saturated carbocycles. The summed E-state index contributed by atoms with van der Waals surface area (Å²) in [4.78, 5) is 37.7. The minimum absolute atomic E-state index is 0.315. The highest BCUT2D eigenvalue weighted by Crippen LogP contribution is 2.44.